The largest absolute Gasteiger partial charge is 0.436 e. The number of ether oxygens (including phenoxy) is 1. The minimum Gasteiger partial charge on any atom is -0.436 e. The first-order chi connectivity index (χ1) is 15.3. The van der Waals surface area contributed by atoms with E-state index in [-0.39, 0.29) is 24.5 Å². The van der Waals surface area contributed by atoms with Crippen molar-refractivity contribution in [2.24, 2.45) is 0 Å². The number of carbonyl (C=O) groups excluding carboxylic acids is 1. The van der Waals surface area contributed by atoms with E-state index in [4.69, 9.17) is 9.15 Å². The average Bonchev–Trinajstić information content (AvgIpc) is 3.18. The molecule has 1 aromatic heterocycles. The van der Waals surface area contributed by atoms with Gasteiger partial charge in [-0.3, -0.25) is 0 Å². The van der Waals surface area contributed by atoms with E-state index in [2.05, 4.69) is 15.6 Å². The highest BCUT2D eigenvalue weighted by molar-refractivity contribution is 7.89. The summed E-state index contributed by atoms with van der Waals surface area (Å²) in [6.45, 7) is 4.35. The van der Waals surface area contributed by atoms with E-state index in [0.29, 0.717) is 30.3 Å². The van der Waals surface area contributed by atoms with E-state index in [1.165, 1.54) is 4.31 Å². The number of morpholine rings is 1. The Morgan fingerprint density at radius 2 is 1.78 bits per heavy atom. The lowest BCUT2D eigenvalue weighted by Gasteiger charge is -2.34. The molecular weight excluding hydrogens is 432 g/mol. The molecule has 32 heavy (non-hydrogen) atoms. The number of fused-ring (bicyclic) bond motifs is 1. The van der Waals surface area contributed by atoms with Gasteiger partial charge in [0.1, 0.15) is 5.52 Å². The Balaban J connectivity index is 1.28. The van der Waals surface area contributed by atoms with Crippen LogP contribution in [0.1, 0.15) is 13.8 Å². The molecule has 0 bridgehead atoms. The SMILES string of the molecule is C[C@H]1CN(S(=O)(=O)CCNC(=O)Nc2ccc(-c3nc4ccccc4o3)cc2)C[C@H](C)O1. The lowest BCUT2D eigenvalue weighted by Crippen LogP contribution is -2.49. The molecule has 1 fully saturated rings. The number of sulfonamides is 1. The van der Waals surface area contributed by atoms with E-state index < -0.39 is 16.1 Å². The summed E-state index contributed by atoms with van der Waals surface area (Å²) in [6.07, 6.45) is -0.301. The van der Waals surface area contributed by atoms with Crippen molar-refractivity contribution in [3.63, 3.8) is 0 Å². The van der Waals surface area contributed by atoms with Crippen LogP contribution in [0.5, 0.6) is 0 Å². The summed E-state index contributed by atoms with van der Waals surface area (Å²) < 4.78 is 37.8. The maximum atomic E-state index is 12.5. The lowest BCUT2D eigenvalue weighted by atomic mass is 10.2. The number of para-hydroxylation sites is 2. The van der Waals surface area contributed by atoms with Crippen LogP contribution in [0, 0.1) is 0 Å². The summed E-state index contributed by atoms with van der Waals surface area (Å²) in [6, 6.07) is 14.1. The van der Waals surface area contributed by atoms with Crippen molar-refractivity contribution in [3.05, 3.63) is 48.5 Å². The number of hydrogen-bond donors (Lipinski definition) is 2. The Morgan fingerprint density at radius 1 is 1.09 bits per heavy atom. The molecule has 2 atom stereocenters. The van der Waals surface area contributed by atoms with Gasteiger partial charge in [-0.1, -0.05) is 12.1 Å². The van der Waals surface area contributed by atoms with Gasteiger partial charge in [-0.05, 0) is 50.2 Å². The predicted octanol–water partition coefficient (Wildman–Crippen LogP) is 3.06. The van der Waals surface area contributed by atoms with Crippen LogP contribution in [-0.4, -0.2) is 61.3 Å². The fourth-order valence-corrected chi connectivity index (χ4v) is 5.14. The third-order valence-corrected chi connectivity index (χ3v) is 6.91. The van der Waals surface area contributed by atoms with Gasteiger partial charge in [-0.25, -0.2) is 18.2 Å². The fourth-order valence-electron chi connectivity index (χ4n) is 3.65. The van der Waals surface area contributed by atoms with Gasteiger partial charge in [0.15, 0.2) is 5.58 Å². The molecule has 1 aliphatic rings. The molecule has 1 saturated heterocycles. The maximum Gasteiger partial charge on any atom is 0.319 e. The molecule has 3 aromatic rings. The number of carbonyl (C=O) groups is 1. The van der Waals surface area contributed by atoms with Crippen molar-refractivity contribution in [1.82, 2.24) is 14.6 Å². The number of urea groups is 1. The molecule has 2 amide bonds. The summed E-state index contributed by atoms with van der Waals surface area (Å²) in [5.74, 6) is 0.329. The van der Waals surface area contributed by atoms with E-state index in [1.807, 2.05) is 38.1 Å². The van der Waals surface area contributed by atoms with Gasteiger partial charge in [0.2, 0.25) is 15.9 Å². The number of hydrogen-bond acceptors (Lipinski definition) is 6. The summed E-state index contributed by atoms with van der Waals surface area (Å²) in [5.41, 5.74) is 2.84. The Kier molecular flexibility index (Phi) is 6.45. The van der Waals surface area contributed by atoms with Crippen molar-refractivity contribution in [2.75, 3.05) is 30.7 Å². The highest BCUT2D eigenvalue weighted by atomic mass is 32.2. The number of anilines is 1. The lowest BCUT2D eigenvalue weighted by molar-refractivity contribution is -0.0440. The number of oxazole rings is 1. The smallest absolute Gasteiger partial charge is 0.319 e. The van der Waals surface area contributed by atoms with Crippen LogP contribution in [0.4, 0.5) is 10.5 Å². The van der Waals surface area contributed by atoms with E-state index in [1.54, 1.807) is 24.3 Å². The Morgan fingerprint density at radius 3 is 2.47 bits per heavy atom. The summed E-state index contributed by atoms with van der Waals surface area (Å²) in [7, 11) is -3.47. The molecule has 4 rings (SSSR count). The van der Waals surface area contributed by atoms with Gasteiger partial charge in [0.05, 0.1) is 18.0 Å². The minimum atomic E-state index is -3.47. The summed E-state index contributed by atoms with van der Waals surface area (Å²) >= 11 is 0. The molecule has 2 aromatic carbocycles. The number of nitrogens with zero attached hydrogens (tertiary/aromatic N) is 2. The van der Waals surface area contributed by atoms with Crippen LogP contribution >= 0.6 is 0 Å². The van der Waals surface area contributed by atoms with Gasteiger partial charge in [-0.2, -0.15) is 4.31 Å². The van der Waals surface area contributed by atoms with E-state index in [9.17, 15) is 13.2 Å². The zero-order valence-electron chi connectivity index (χ0n) is 17.9. The molecule has 0 saturated carbocycles. The Bertz CT molecular complexity index is 1150. The molecule has 0 radical (unpaired) electrons. The monoisotopic (exact) mass is 458 g/mol. The molecule has 0 unspecified atom stereocenters. The number of rotatable bonds is 6. The van der Waals surface area contributed by atoms with Crippen LogP contribution in [0.2, 0.25) is 0 Å². The van der Waals surface area contributed by atoms with Crippen molar-refractivity contribution in [2.45, 2.75) is 26.1 Å². The van der Waals surface area contributed by atoms with Gasteiger partial charge in [0, 0.05) is 30.9 Å². The number of amides is 2. The molecule has 9 nitrogen and oxygen atoms in total. The highest BCUT2D eigenvalue weighted by Crippen LogP contribution is 2.25. The zero-order valence-corrected chi connectivity index (χ0v) is 18.8. The summed E-state index contributed by atoms with van der Waals surface area (Å²) in [4.78, 5) is 16.6. The van der Waals surface area contributed by atoms with Crippen molar-refractivity contribution in [1.29, 1.82) is 0 Å². The number of benzene rings is 2. The van der Waals surface area contributed by atoms with Crippen LogP contribution in [0.25, 0.3) is 22.6 Å². The third-order valence-electron chi connectivity index (χ3n) is 5.11. The molecule has 2 heterocycles. The third kappa shape index (κ3) is 5.26. The Labute approximate surface area is 186 Å². The topological polar surface area (TPSA) is 114 Å². The van der Waals surface area contributed by atoms with E-state index >= 15 is 0 Å². The number of aromatic nitrogens is 1. The van der Waals surface area contributed by atoms with Crippen LogP contribution < -0.4 is 10.6 Å². The second-order valence-corrected chi connectivity index (χ2v) is 9.92. The molecule has 2 N–H and O–H groups in total. The molecule has 0 spiro atoms. The van der Waals surface area contributed by atoms with E-state index in [0.717, 1.165) is 11.1 Å². The predicted molar refractivity (Wildman–Crippen MR) is 122 cm³/mol. The molecule has 0 aliphatic carbocycles. The zero-order chi connectivity index (χ0) is 22.7. The standard InChI is InChI=1S/C22H26N4O5S/c1-15-13-26(14-16(2)30-15)32(28,29)12-11-23-22(27)24-18-9-7-17(8-10-18)21-25-19-5-3-4-6-20(19)31-21/h3-10,15-16H,11-14H2,1-2H3,(H2,23,24,27)/t15-,16-/m0/s1. The van der Waals surface area contributed by atoms with Crippen molar-refractivity contribution >= 4 is 32.8 Å². The van der Waals surface area contributed by atoms with Crippen LogP contribution in [0.15, 0.2) is 52.9 Å². The molecule has 170 valence electrons. The first-order valence-electron chi connectivity index (χ1n) is 10.4. The van der Waals surface area contributed by atoms with Crippen molar-refractivity contribution < 1.29 is 22.4 Å². The number of nitrogens with one attached hydrogen (secondary N) is 2. The molecule has 10 heteroatoms. The van der Waals surface area contributed by atoms with Crippen LogP contribution in [0.3, 0.4) is 0 Å². The van der Waals surface area contributed by atoms with Gasteiger partial charge in [-0.15, -0.1) is 0 Å². The summed E-state index contributed by atoms with van der Waals surface area (Å²) in [5, 5.41) is 5.29. The fraction of sp³-hybridized carbons (Fsp3) is 0.364. The second kappa shape index (κ2) is 9.27. The van der Waals surface area contributed by atoms with Gasteiger partial charge >= 0.3 is 6.03 Å². The minimum absolute atomic E-state index is 0.00920. The molecular formula is C22H26N4O5S. The first kappa shape index (κ1) is 22.3. The van der Waals surface area contributed by atoms with Crippen molar-refractivity contribution in [3.8, 4) is 11.5 Å². The maximum absolute atomic E-state index is 12.5. The molecule has 1 aliphatic heterocycles. The Hall–Kier alpha value is -2.95. The normalized spacial score (nSPS) is 19.7. The highest BCUT2D eigenvalue weighted by Gasteiger charge is 2.30. The quantitative estimate of drug-likeness (QED) is 0.587. The van der Waals surface area contributed by atoms with Gasteiger partial charge < -0.3 is 19.8 Å². The van der Waals surface area contributed by atoms with Gasteiger partial charge in [0.25, 0.3) is 0 Å². The average molecular weight is 459 g/mol. The second-order valence-electron chi connectivity index (χ2n) is 7.84. The first-order valence-corrected chi connectivity index (χ1v) is 12.1. The van der Waals surface area contributed by atoms with Crippen LogP contribution in [-0.2, 0) is 14.8 Å².